The molecule has 1 N–H and O–H groups in total. The van der Waals surface area contributed by atoms with Gasteiger partial charge in [-0.05, 0) is 66.8 Å². The number of anilines is 1. The molecule has 0 aliphatic heterocycles. The lowest BCUT2D eigenvalue weighted by Gasteiger charge is -2.16. The number of benzene rings is 2. The maximum absolute atomic E-state index is 12.8. The molecule has 134 valence electrons. The van der Waals surface area contributed by atoms with E-state index in [9.17, 15) is 9.59 Å². The summed E-state index contributed by atoms with van der Waals surface area (Å²) in [7, 11) is 0. The molecule has 3 rings (SSSR count). The van der Waals surface area contributed by atoms with Crippen molar-refractivity contribution in [3.05, 3.63) is 62.5 Å². The van der Waals surface area contributed by atoms with Crippen LogP contribution >= 0.6 is 34.4 Å². The molecule has 1 heterocycles. The number of hydrogen-bond acceptors (Lipinski definition) is 4. The van der Waals surface area contributed by atoms with E-state index < -0.39 is 0 Å². The van der Waals surface area contributed by atoms with Gasteiger partial charge in [0.2, 0.25) is 5.91 Å². The van der Waals surface area contributed by atoms with Crippen LogP contribution < -0.4 is 10.9 Å². The highest BCUT2D eigenvalue weighted by molar-refractivity contribution is 14.1. The van der Waals surface area contributed by atoms with Crippen LogP contribution in [0.1, 0.15) is 19.9 Å². The largest absolute Gasteiger partial charge is 0.325 e. The second-order valence-electron chi connectivity index (χ2n) is 6.03. The van der Waals surface area contributed by atoms with Gasteiger partial charge >= 0.3 is 0 Å². The number of halogens is 1. The molecule has 0 unspecified atom stereocenters. The molecule has 2 aromatic carbocycles. The number of thioether (sulfide) groups is 1. The standard InChI is InChI=1S/C19H18IN3O2S/c1-12(2)23-18(25)15-8-3-4-9-16(15)22-19(23)26-11-17(24)21-14-7-5-6-13(20)10-14/h3-10,12H,11H2,1-2H3,(H,21,24). The van der Waals surface area contributed by atoms with Crippen molar-refractivity contribution in [2.45, 2.75) is 25.0 Å². The third-order valence-corrected chi connectivity index (χ3v) is 5.36. The van der Waals surface area contributed by atoms with Crippen LogP contribution in [0.5, 0.6) is 0 Å². The smallest absolute Gasteiger partial charge is 0.262 e. The van der Waals surface area contributed by atoms with Crippen LogP contribution in [-0.4, -0.2) is 21.2 Å². The number of amides is 1. The first kappa shape index (κ1) is 18.9. The minimum atomic E-state index is -0.130. The average Bonchev–Trinajstić information content (AvgIpc) is 2.59. The Morgan fingerprint density at radius 2 is 2.00 bits per heavy atom. The first-order valence-electron chi connectivity index (χ1n) is 8.15. The molecule has 0 bridgehead atoms. The molecular formula is C19H18IN3O2S. The van der Waals surface area contributed by atoms with Crippen molar-refractivity contribution in [3.8, 4) is 0 Å². The molecule has 1 aromatic heterocycles. The molecular weight excluding hydrogens is 461 g/mol. The molecule has 26 heavy (non-hydrogen) atoms. The number of nitrogens with zero attached hydrogens (tertiary/aromatic N) is 2. The molecule has 0 radical (unpaired) electrons. The molecule has 0 saturated carbocycles. The summed E-state index contributed by atoms with van der Waals surface area (Å²) in [6.45, 7) is 3.88. The third-order valence-electron chi connectivity index (χ3n) is 3.73. The predicted molar refractivity (Wildman–Crippen MR) is 115 cm³/mol. The Morgan fingerprint density at radius 3 is 2.73 bits per heavy atom. The van der Waals surface area contributed by atoms with E-state index in [0.29, 0.717) is 16.1 Å². The maximum Gasteiger partial charge on any atom is 0.262 e. The van der Waals surface area contributed by atoms with E-state index in [4.69, 9.17) is 0 Å². The topological polar surface area (TPSA) is 64.0 Å². The summed E-state index contributed by atoms with van der Waals surface area (Å²) < 4.78 is 2.70. The minimum absolute atomic E-state index is 0.0409. The van der Waals surface area contributed by atoms with Crippen molar-refractivity contribution < 1.29 is 4.79 Å². The summed E-state index contributed by atoms with van der Waals surface area (Å²) >= 11 is 3.48. The van der Waals surface area contributed by atoms with Crippen molar-refractivity contribution in [1.82, 2.24) is 9.55 Å². The van der Waals surface area contributed by atoms with Gasteiger partial charge in [0.25, 0.3) is 5.56 Å². The van der Waals surface area contributed by atoms with Gasteiger partial charge < -0.3 is 5.32 Å². The molecule has 5 nitrogen and oxygen atoms in total. The Hall–Kier alpha value is -1.87. The van der Waals surface area contributed by atoms with Crippen LogP contribution in [0.3, 0.4) is 0 Å². The Labute approximate surface area is 169 Å². The second-order valence-corrected chi connectivity index (χ2v) is 8.22. The van der Waals surface area contributed by atoms with E-state index in [1.807, 2.05) is 56.3 Å². The summed E-state index contributed by atoms with van der Waals surface area (Å²) in [5.41, 5.74) is 1.33. The number of para-hydroxylation sites is 1. The highest BCUT2D eigenvalue weighted by Crippen LogP contribution is 2.21. The summed E-state index contributed by atoms with van der Waals surface area (Å²) in [6.07, 6.45) is 0. The zero-order valence-corrected chi connectivity index (χ0v) is 17.4. The zero-order chi connectivity index (χ0) is 18.7. The lowest BCUT2D eigenvalue weighted by atomic mass is 10.2. The van der Waals surface area contributed by atoms with Crippen molar-refractivity contribution in [3.63, 3.8) is 0 Å². The first-order valence-corrected chi connectivity index (χ1v) is 10.2. The normalized spacial score (nSPS) is 11.1. The number of hydrogen-bond donors (Lipinski definition) is 1. The molecule has 0 fully saturated rings. The number of fused-ring (bicyclic) bond motifs is 1. The summed E-state index contributed by atoms with van der Waals surface area (Å²) in [5.74, 6) is 0.0536. The van der Waals surface area contributed by atoms with Crippen molar-refractivity contribution in [2.75, 3.05) is 11.1 Å². The number of aromatic nitrogens is 2. The second kappa shape index (κ2) is 8.22. The van der Waals surface area contributed by atoms with E-state index in [1.54, 1.807) is 10.6 Å². The third kappa shape index (κ3) is 4.27. The Morgan fingerprint density at radius 1 is 1.23 bits per heavy atom. The lowest BCUT2D eigenvalue weighted by molar-refractivity contribution is -0.113. The molecule has 7 heteroatoms. The molecule has 0 aliphatic carbocycles. The SMILES string of the molecule is CC(C)n1c(SCC(=O)Nc2cccc(I)c2)nc2ccccc2c1=O. The summed E-state index contributed by atoms with van der Waals surface area (Å²) in [6, 6.07) is 14.9. The van der Waals surface area contributed by atoms with Gasteiger partial charge in [0, 0.05) is 15.3 Å². The van der Waals surface area contributed by atoms with Crippen molar-refractivity contribution in [2.24, 2.45) is 0 Å². The molecule has 0 saturated heterocycles. The summed E-state index contributed by atoms with van der Waals surface area (Å²) in [5, 5.41) is 4.02. The minimum Gasteiger partial charge on any atom is -0.325 e. The van der Waals surface area contributed by atoms with Gasteiger partial charge in [-0.2, -0.15) is 0 Å². The highest BCUT2D eigenvalue weighted by Gasteiger charge is 2.15. The highest BCUT2D eigenvalue weighted by atomic mass is 127. The fourth-order valence-corrected chi connectivity index (χ4v) is 4.05. The zero-order valence-electron chi connectivity index (χ0n) is 14.4. The van der Waals surface area contributed by atoms with Gasteiger partial charge in [0.1, 0.15) is 0 Å². The maximum atomic E-state index is 12.8. The van der Waals surface area contributed by atoms with E-state index in [1.165, 1.54) is 11.8 Å². The monoisotopic (exact) mass is 479 g/mol. The number of carbonyl (C=O) groups is 1. The van der Waals surface area contributed by atoms with Gasteiger partial charge in [-0.15, -0.1) is 0 Å². The number of rotatable bonds is 5. The van der Waals surface area contributed by atoms with Crippen LogP contribution in [0, 0.1) is 3.57 Å². The molecule has 0 aliphatic rings. The average molecular weight is 479 g/mol. The number of carbonyl (C=O) groups excluding carboxylic acids is 1. The van der Waals surface area contributed by atoms with Crippen LogP contribution in [0.15, 0.2) is 58.5 Å². The van der Waals surface area contributed by atoms with Gasteiger partial charge in [0.05, 0.1) is 16.7 Å². The lowest BCUT2D eigenvalue weighted by Crippen LogP contribution is -2.25. The molecule has 3 aromatic rings. The number of nitrogens with one attached hydrogen (secondary N) is 1. The Kier molecular flexibility index (Phi) is 5.98. The van der Waals surface area contributed by atoms with E-state index >= 15 is 0 Å². The first-order chi connectivity index (χ1) is 12.5. The molecule has 1 amide bonds. The van der Waals surface area contributed by atoms with Gasteiger partial charge in [-0.25, -0.2) is 4.98 Å². The summed E-state index contributed by atoms with van der Waals surface area (Å²) in [4.78, 5) is 29.6. The van der Waals surface area contributed by atoms with Crippen molar-refractivity contribution in [1.29, 1.82) is 0 Å². The Balaban J connectivity index is 1.83. The van der Waals surface area contributed by atoms with E-state index in [-0.39, 0.29) is 23.3 Å². The van der Waals surface area contributed by atoms with Gasteiger partial charge in [-0.3, -0.25) is 14.2 Å². The predicted octanol–water partition coefficient (Wildman–Crippen LogP) is 4.31. The fraction of sp³-hybridized carbons (Fsp3) is 0.211. The van der Waals surface area contributed by atoms with E-state index in [2.05, 4.69) is 32.9 Å². The van der Waals surface area contributed by atoms with Gasteiger partial charge in [0.15, 0.2) is 5.16 Å². The van der Waals surface area contributed by atoms with Crippen LogP contribution in [0.4, 0.5) is 5.69 Å². The van der Waals surface area contributed by atoms with E-state index in [0.717, 1.165) is 9.26 Å². The van der Waals surface area contributed by atoms with Crippen molar-refractivity contribution >= 4 is 56.9 Å². The van der Waals surface area contributed by atoms with Gasteiger partial charge in [-0.1, -0.05) is 30.0 Å². The quantitative estimate of drug-likeness (QED) is 0.337. The fourth-order valence-electron chi connectivity index (χ4n) is 2.58. The van der Waals surface area contributed by atoms with Crippen LogP contribution in [-0.2, 0) is 4.79 Å². The van der Waals surface area contributed by atoms with Crippen LogP contribution in [0.2, 0.25) is 0 Å². The van der Waals surface area contributed by atoms with Crippen LogP contribution in [0.25, 0.3) is 10.9 Å². The molecule has 0 spiro atoms. The molecule has 0 atom stereocenters. The Bertz CT molecular complexity index is 1020.